The van der Waals surface area contributed by atoms with Crippen molar-refractivity contribution in [2.75, 3.05) is 9.80 Å². The number of hydrogen-bond acceptors (Lipinski definition) is 3. The van der Waals surface area contributed by atoms with Gasteiger partial charge in [0.15, 0.2) is 0 Å². The van der Waals surface area contributed by atoms with E-state index in [0.29, 0.717) is 0 Å². The summed E-state index contributed by atoms with van der Waals surface area (Å²) in [5.41, 5.74) is 8.97. The fourth-order valence-electron chi connectivity index (χ4n) is 8.44. The van der Waals surface area contributed by atoms with Crippen LogP contribution < -0.4 is 9.80 Å². The van der Waals surface area contributed by atoms with Crippen LogP contribution in [0.1, 0.15) is 0 Å². The summed E-state index contributed by atoms with van der Waals surface area (Å²) in [5, 5.41) is 9.89. The van der Waals surface area contributed by atoms with Gasteiger partial charge in [0.05, 0.1) is 16.1 Å². The molecule has 0 unspecified atom stereocenters. The van der Waals surface area contributed by atoms with Crippen LogP contribution in [0.3, 0.4) is 0 Å². The molecule has 268 valence electrons. The van der Waals surface area contributed by atoms with Crippen molar-refractivity contribution in [3.05, 3.63) is 218 Å². The Kier molecular flexibility index (Phi) is 8.04. The molecule has 11 rings (SSSR count). The number of anilines is 6. The topological polar surface area (TPSA) is 6.48 Å². The Bertz CT molecular complexity index is 3260. The highest BCUT2D eigenvalue weighted by molar-refractivity contribution is 7.27. The summed E-state index contributed by atoms with van der Waals surface area (Å²) in [6, 6.07) is 79.6. The Morgan fingerprint density at radius 1 is 0.281 bits per heavy atom. The highest BCUT2D eigenvalue weighted by atomic mass is 32.1. The smallest absolute Gasteiger partial charge is 0.0883 e. The van der Waals surface area contributed by atoms with E-state index >= 15 is 0 Å². The molecule has 1 heterocycles. The quantitative estimate of drug-likeness (QED) is 0.160. The van der Waals surface area contributed by atoms with E-state index in [1.807, 2.05) is 11.3 Å². The van der Waals surface area contributed by atoms with Gasteiger partial charge in [0.25, 0.3) is 0 Å². The molecule has 0 atom stereocenters. The first kappa shape index (κ1) is 33.2. The largest absolute Gasteiger partial charge is 0.308 e. The molecule has 0 amide bonds. The predicted octanol–water partition coefficient (Wildman–Crippen LogP) is 16.1. The van der Waals surface area contributed by atoms with Gasteiger partial charge >= 0.3 is 0 Å². The third-order valence-corrected chi connectivity index (χ3v) is 12.4. The maximum absolute atomic E-state index is 2.51. The van der Waals surface area contributed by atoms with Crippen LogP contribution in [-0.4, -0.2) is 0 Å². The fraction of sp³-hybridized carbons (Fsp3) is 0. The molecule has 0 bridgehead atoms. The molecule has 1 aromatic heterocycles. The van der Waals surface area contributed by atoms with Crippen molar-refractivity contribution < 1.29 is 0 Å². The molecule has 0 aliphatic rings. The molecule has 10 aromatic carbocycles. The van der Waals surface area contributed by atoms with E-state index in [1.54, 1.807) is 0 Å². The molecule has 0 aliphatic heterocycles. The van der Waals surface area contributed by atoms with Gasteiger partial charge in [0, 0.05) is 38.2 Å². The molecule has 3 heteroatoms. The first-order valence-corrected chi connectivity index (χ1v) is 20.2. The van der Waals surface area contributed by atoms with Gasteiger partial charge in [-0.2, -0.15) is 0 Å². The lowest BCUT2D eigenvalue weighted by atomic mass is 10.0. The van der Waals surface area contributed by atoms with Gasteiger partial charge < -0.3 is 9.80 Å². The number of nitrogens with zero attached hydrogens (tertiary/aromatic N) is 2. The van der Waals surface area contributed by atoms with E-state index in [9.17, 15) is 0 Å². The van der Waals surface area contributed by atoms with Crippen LogP contribution in [0.25, 0.3) is 63.6 Å². The lowest BCUT2D eigenvalue weighted by Gasteiger charge is -2.34. The van der Waals surface area contributed by atoms with E-state index in [1.165, 1.54) is 63.6 Å². The number of hydrogen-bond donors (Lipinski definition) is 0. The Balaban J connectivity index is 1.28. The third-order valence-electron chi connectivity index (χ3n) is 11.2. The van der Waals surface area contributed by atoms with Crippen LogP contribution in [0, 0.1) is 0 Å². The molecule has 0 spiro atoms. The Hall–Kier alpha value is -7.20. The van der Waals surface area contributed by atoms with Crippen molar-refractivity contribution >= 4 is 98.0 Å². The van der Waals surface area contributed by atoms with Crippen LogP contribution in [0.4, 0.5) is 34.1 Å². The lowest BCUT2D eigenvalue weighted by Crippen LogP contribution is -2.17. The molecule has 0 fully saturated rings. The van der Waals surface area contributed by atoms with E-state index in [4.69, 9.17) is 0 Å². The Morgan fingerprint density at radius 3 is 1.51 bits per heavy atom. The van der Waals surface area contributed by atoms with Crippen LogP contribution in [0.15, 0.2) is 218 Å². The minimum absolute atomic E-state index is 1.09. The summed E-state index contributed by atoms with van der Waals surface area (Å²) in [6.45, 7) is 0. The normalized spacial score (nSPS) is 11.5. The average Bonchev–Trinajstić information content (AvgIpc) is 3.67. The van der Waals surface area contributed by atoms with Crippen LogP contribution in [-0.2, 0) is 0 Å². The molecule has 0 N–H and O–H groups in total. The van der Waals surface area contributed by atoms with Crippen LogP contribution in [0.2, 0.25) is 0 Å². The van der Waals surface area contributed by atoms with Crippen molar-refractivity contribution in [3.8, 4) is 11.1 Å². The van der Waals surface area contributed by atoms with Gasteiger partial charge in [-0.25, -0.2) is 0 Å². The molecular weight excluding hydrogens is 709 g/mol. The second-order valence-corrected chi connectivity index (χ2v) is 15.6. The fourth-order valence-corrected chi connectivity index (χ4v) is 9.81. The minimum atomic E-state index is 1.09. The standard InChI is InChI=1S/C54H36N2S/c1-3-14-37(15-4-1)43-21-13-24-45(34-43)56(47-30-27-39-17-8-10-20-42(39)36-47)52-51(33-32-50-49-31-28-40-18-11-12-25-48(40)53(49)57-54(50)52)55(44-22-5-2-6-23-44)46-29-26-38-16-7-9-19-41(38)35-46/h1-36H. The summed E-state index contributed by atoms with van der Waals surface area (Å²) < 4.78 is 2.54. The summed E-state index contributed by atoms with van der Waals surface area (Å²) in [4.78, 5) is 4.95. The van der Waals surface area contributed by atoms with Crippen molar-refractivity contribution in [2.45, 2.75) is 0 Å². The molecule has 0 radical (unpaired) electrons. The maximum Gasteiger partial charge on any atom is 0.0883 e. The summed E-state index contributed by atoms with van der Waals surface area (Å²) in [7, 11) is 0. The number of fused-ring (bicyclic) bond motifs is 7. The SMILES string of the molecule is c1ccc(-c2cccc(N(c3ccc4ccccc4c3)c3c(N(c4ccccc4)c4ccc5ccccc5c4)ccc4c3sc3c5ccccc5ccc43)c2)cc1. The molecular formula is C54H36N2S. The minimum Gasteiger partial charge on any atom is -0.308 e. The zero-order chi connectivity index (χ0) is 37.7. The highest BCUT2D eigenvalue weighted by Gasteiger charge is 2.27. The molecule has 57 heavy (non-hydrogen) atoms. The van der Waals surface area contributed by atoms with Crippen molar-refractivity contribution in [3.63, 3.8) is 0 Å². The highest BCUT2D eigenvalue weighted by Crippen LogP contribution is 2.53. The number of para-hydroxylation sites is 1. The van der Waals surface area contributed by atoms with Gasteiger partial charge in [-0.3, -0.25) is 0 Å². The van der Waals surface area contributed by atoms with Crippen molar-refractivity contribution in [2.24, 2.45) is 0 Å². The van der Waals surface area contributed by atoms with Crippen molar-refractivity contribution in [1.82, 2.24) is 0 Å². The summed E-state index contributed by atoms with van der Waals surface area (Å²) in [6.07, 6.45) is 0. The van der Waals surface area contributed by atoms with Gasteiger partial charge in [-0.05, 0) is 98.0 Å². The Labute approximate surface area is 335 Å². The average molecular weight is 745 g/mol. The first-order valence-electron chi connectivity index (χ1n) is 19.4. The zero-order valence-electron chi connectivity index (χ0n) is 31.1. The van der Waals surface area contributed by atoms with Crippen molar-refractivity contribution in [1.29, 1.82) is 0 Å². The van der Waals surface area contributed by atoms with E-state index in [-0.39, 0.29) is 0 Å². The molecule has 2 nitrogen and oxygen atoms in total. The van der Waals surface area contributed by atoms with E-state index in [2.05, 4.69) is 228 Å². The van der Waals surface area contributed by atoms with Gasteiger partial charge in [-0.1, -0.05) is 164 Å². The number of rotatable bonds is 7. The van der Waals surface area contributed by atoms with Gasteiger partial charge in [-0.15, -0.1) is 11.3 Å². The Morgan fingerprint density at radius 2 is 0.789 bits per heavy atom. The molecule has 0 saturated heterocycles. The van der Waals surface area contributed by atoms with E-state index < -0.39 is 0 Å². The third kappa shape index (κ3) is 5.80. The first-order chi connectivity index (χ1) is 28.3. The zero-order valence-corrected chi connectivity index (χ0v) is 31.9. The lowest BCUT2D eigenvalue weighted by molar-refractivity contribution is 1.24. The monoisotopic (exact) mass is 744 g/mol. The predicted molar refractivity (Wildman–Crippen MR) is 247 cm³/mol. The van der Waals surface area contributed by atoms with Gasteiger partial charge in [0.1, 0.15) is 0 Å². The summed E-state index contributed by atoms with van der Waals surface area (Å²) in [5.74, 6) is 0. The number of thiophene rings is 1. The van der Waals surface area contributed by atoms with E-state index in [0.717, 1.165) is 34.1 Å². The van der Waals surface area contributed by atoms with Gasteiger partial charge in [0.2, 0.25) is 0 Å². The molecule has 0 aliphatic carbocycles. The summed E-state index contributed by atoms with van der Waals surface area (Å²) >= 11 is 1.90. The number of benzene rings is 10. The van der Waals surface area contributed by atoms with Crippen LogP contribution >= 0.6 is 11.3 Å². The molecule has 0 saturated carbocycles. The molecule has 11 aromatic rings. The maximum atomic E-state index is 2.51. The second kappa shape index (κ2) is 13.8. The second-order valence-electron chi connectivity index (χ2n) is 14.6. The van der Waals surface area contributed by atoms with Crippen LogP contribution in [0.5, 0.6) is 0 Å².